The topological polar surface area (TPSA) is 56.2 Å². The molecular weight excluding hydrogens is 278 g/mol. The molecule has 0 bridgehead atoms. The molecule has 0 aliphatic carbocycles. The monoisotopic (exact) mass is 293 g/mol. The molecule has 5 heteroatoms. The Morgan fingerprint density at radius 1 is 1.00 bits per heavy atom. The number of para-hydroxylation sites is 2. The summed E-state index contributed by atoms with van der Waals surface area (Å²) in [5.41, 5.74) is 1.09. The third-order valence-corrected chi connectivity index (χ3v) is 3.01. The summed E-state index contributed by atoms with van der Waals surface area (Å²) < 4.78 is 7.15. The molecule has 1 amide bonds. The molecule has 1 aromatic heterocycles. The van der Waals surface area contributed by atoms with E-state index in [1.165, 1.54) is 0 Å². The summed E-state index contributed by atoms with van der Waals surface area (Å²) in [6.07, 6.45) is 1.71. The van der Waals surface area contributed by atoms with Crippen LogP contribution in [0.1, 0.15) is 10.5 Å². The maximum atomic E-state index is 12.1. The Bertz CT molecular complexity index is 739. The highest BCUT2D eigenvalue weighted by Crippen LogP contribution is 2.10. The molecule has 22 heavy (non-hydrogen) atoms. The zero-order valence-corrected chi connectivity index (χ0v) is 11.8. The molecule has 2 aromatic carbocycles. The molecule has 0 saturated heterocycles. The van der Waals surface area contributed by atoms with E-state index in [-0.39, 0.29) is 12.6 Å². The Morgan fingerprint density at radius 2 is 1.68 bits per heavy atom. The fourth-order valence-corrected chi connectivity index (χ4v) is 1.93. The van der Waals surface area contributed by atoms with Gasteiger partial charge in [0.25, 0.3) is 5.91 Å². The first-order valence-corrected chi connectivity index (χ1v) is 6.89. The van der Waals surface area contributed by atoms with E-state index in [0.29, 0.717) is 5.69 Å². The molecule has 3 rings (SSSR count). The normalized spacial score (nSPS) is 10.2. The fourth-order valence-electron chi connectivity index (χ4n) is 1.93. The molecule has 0 aliphatic rings. The number of ether oxygens (including phenoxy) is 1. The van der Waals surface area contributed by atoms with E-state index in [4.69, 9.17) is 4.74 Å². The van der Waals surface area contributed by atoms with Gasteiger partial charge in [0.05, 0.1) is 0 Å². The molecule has 0 radical (unpaired) electrons. The molecule has 5 nitrogen and oxygen atoms in total. The van der Waals surface area contributed by atoms with Crippen molar-refractivity contribution >= 4 is 11.6 Å². The summed E-state index contributed by atoms with van der Waals surface area (Å²) >= 11 is 0. The number of nitrogens with zero attached hydrogens (tertiary/aromatic N) is 2. The number of amides is 1. The van der Waals surface area contributed by atoms with Crippen LogP contribution in [0.5, 0.6) is 5.75 Å². The van der Waals surface area contributed by atoms with Crippen LogP contribution in [-0.2, 0) is 6.73 Å². The Kier molecular flexibility index (Phi) is 4.15. The first kappa shape index (κ1) is 13.9. The van der Waals surface area contributed by atoms with Gasteiger partial charge in [-0.1, -0.05) is 36.4 Å². The first-order chi connectivity index (χ1) is 10.8. The molecule has 0 aliphatic heterocycles. The summed E-state index contributed by atoms with van der Waals surface area (Å²) in [7, 11) is 0. The van der Waals surface area contributed by atoms with Crippen molar-refractivity contribution in [2.24, 2.45) is 0 Å². The highest BCUT2D eigenvalue weighted by molar-refractivity contribution is 6.02. The molecule has 0 spiro atoms. The molecule has 0 fully saturated rings. The van der Waals surface area contributed by atoms with E-state index in [0.717, 1.165) is 11.4 Å². The van der Waals surface area contributed by atoms with Gasteiger partial charge in [-0.25, -0.2) is 4.68 Å². The van der Waals surface area contributed by atoms with Crippen molar-refractivity contribution in [1.29, 1.82) is 0 Å². The van der Waals surface area contributed by atoms with Crippen LogP contribution in [0, 0.1) is 0 Å². The second-order valence-electron chi connectivity index (χ2n) is 4.65. The molecule has 0 unspecified atom stereocenters. The standard InChI is InChI=1S/C17H15N3O2/c21-17(18-14-7-3-1-4-8-14)16-11-12-20(19-16)13-22-15-9-5-2-6-10-15/h1-12H,13H2,(H,18,21). The van der Waals surface area contributed by atoms with Crippen molar-refractivity contribution < 1.29 is 9.53 Å². The summed E-state index contributed by atoms with van der Waals surface area (Å²) in [4.78, 5) is 12.1. The number of rotatable bonds is 5. The van der Waals surface area contributed by atoms with Crippen LogP contribution in [0.4, 0.5) is 5.69 Å². The van der Waals surface area contributed by atoms with Crippen LogP contribution in [0.15, 0.2) is 72.9 Å². The van der Waals surface area contributed by atoms with Crippen molar-refractivity contribution in [3.8, 4) is 5.75 Å². The second kappa shape index (κ2) is 6.58. The molecule has 1 N–H and O–H groups in total. The number of benzene rings is 2. The third-order valence-electron chi connectivity index (χ3n) is 3.01. The van der Waals surface area contributed by atoms with Crippen molar-refractivity contribution in [3.05, 3.63) is 78.6 Å². The third kappa shape index (κ3) is 3.52. The second-order valence-corrected chi connectivity index (χ2v) is 4.65. The Hall–Kier alpha value is -3.08. The van der Waals surface area contributed by atoms with Crippen LogP contribution >= 0.6 is 0 Å². The molecule has 0 saturated carbocycles. The quantitative estimate of drug-likeness (QED) is 0.786. The number of aromatic nitrogens is 2. The lowest BCUT2D eigenvalue weighted by atomic mass is 10.3. The molecule has 0 atom stereocenters. The first-order valence-electron chi connectivity index (χ1n) is 6.89. The van der Waals surface area contributed by atoms with Crippen LogP contribution < -0.4 is 10.1 Å². The Morgan fingerprint density at radius 3 is 2.41 bits per heavy atom. The van der Waals surface area contributed by atoms with Gasteiger partial charge in [-0.05, 0) is 30.3 Å². The van der Waals surface area contributed by atoms with E-state index in [9.17, 15) is 4.79 Å². The number of hydrogen-bond donors (Lipinski definition) is 1. The summed E-state index contributed by atoms with van der Waals surface area (Å²) in [6, 6.07) is 20.4. The van der Waals surface area contributed by atoms with Crippen LogP contribution in [-0.4, -0.2) is 15.7 Å². The zero-order valence-electron chi connectivity index (χ0n) is 11.8. The van der Waals surface area contributed by atoms with Crippen molar-refractivity contribution in [2.45, 2.75) is 6.73 Å². The van der Waals surface area contributed by atoms with Crippen LogP contribution in [0.25, 0.3) is 0 Å². The van der Waals surface area contributed by atoms with Gasteiger partial charge in [0.2, 0.25) is 0 Å². The van der Waals surface area contributed by atoms with Gasteiger partial charge in [0, 0.05) is 11.9 Å². The molecular formula is C17H15N3O2. The minimum absolute atomic E-state index is 0.246. The average Bonchev–Trinajstić information content (AvgIpc) is 3.04. The van der Waals surface area contributed by atoms with Crippen molar-refractivity contribution in [3.63, 3.8) is 0 Å². The summed E-state index contributed by atoms with van der Waals surface area (Å²) in [6.45, 7) is 0.253. The van der Waals surface area contributed by atoms with Crippen molar-refractivity contribution in [2.75, 3.05) is 5.32 Å². The number of anilines is 1. The van der Waals surface area contributed by atoms with E-state index < -0.39 is 0 Å². The lowest BCUT2D eigenvalue weighted by Gasteiger charge is -2.05. The van der Waals surface area contributed by atoms with Crippen molar-refractivity contribution in [1.82, 2.24) is 9.78 Å². The molecule has 110 valence electrons. The van der Waals surface area contributed by atoms with Gasteiger partial charge in [-0.3, -0.25) is 4.79 Å². The predicted molar refractivity (Wildman–Crippen MR) is 83.7 cm³/mol. The van der Waals surface area contributed by atoms with Gasteiger partial charge >= 0.3 is 0 Å². The smallest absolute Gasteiger partial charge is 0.276 e. The fraction of sp³-hybridized carbons (Fsp3) is 0.0588. The van der Waals surface area contributed by atoms with Gasteiger partial charge in [0.15, 0.2) is 12.4 Å². The number of hydrogen-bond acceptors (Lipinski definition) is 3. The SMILES string of the molecule is O=C(Nc1ccccc1)c1ccn(COc2ccccc2)n1. The minimum atomic E-state index is -0.246. The Balaban J connectivity index is 1.60. The van der Waals surface area contributed by atoms with Gasteiger partial charge < -0.3 is 10.1 Å². The maximum absolute atomic E-state index is 12.1. The zero-order chi connectivity index (χ0) is 15.2. The number of nitrogens with one attached hydrogen (secondary N) is 1. The minimum Gasteiger partial charge on any atom is -0.471 e. The molecule has 1 heterocycles. The average molecular weight is 293 g/mol. The lowest BCUT2D eigenvalue weighted by molar-refractivity contribution is 0.102. The predicted octanol–water partition coefficient (Wildman–Crippen LogP) is 3.17. The summed E-state index contributed by atoms with van der Waals surface area (Å²) in [5, 5.41) is 6.99. The van der Waals surface area contributed by atoms with E-state index in [1.54, 1.807) is 16.9 Å². The van der Waals surface area contributed by atoms with Gasteiger partial charge in [-0.2, -0.15) is 5.10 Å². The number of carbonyl (C=O) groups is 1. The lowest BCUT2D eigenvalue weighted by Crippen LogP contribution is -2.14. The van der Waals surface area contributed by atoms with E-state index in [1.807, 2.05) is 60.7 Å². The van der Waals surface area contributed by atoms with Gasteiger partial charge in [0.1, 0.15) is 5.75 Å². The number of carbonyl (C=O) groups excluding carboxylic acids is 1. The van der Waals surface area contributed by atoms with E-state index >= 15 is 0 Å². The Labute approximate surface area is 128 Å². The highest BCUT2D eigenvalue weighted by Gasteiger charge is 2.09. The summed E-state index contributed by atoms with van der Waals surface area (Å²) in [5.74, 6) is 0.512. The highest BCUT2D eigenvalue weighted by atomic mass is 16.5. The largest absolute Gasteiger partial charge is 0.471 e. The molecule has 3 aromatic rings. The van der Waals surface area contributed by atoms with Crippen LogP contribution in [0.2, 0.25) is 0 Å². The van der Waals surface area contributed by atoms with Crippen LogP contribution in [0.3, 0.4) is 0 Å². The van der Waals surface area contributed by atoms with E-state index in [2.05, 4.69) is 10.4 Å². The van der Waals surface area contributed by atoms with Gasteiger partial charge in [-0.15, -0.1) is 0 Å². The maximum Gasteiger partial charge on any atom is 0.276 e.